The maximum absolute atomic E-state index is 13.2. The Balaban J connectivity index is 1.84. The maximum atomic E-state index is 13.2. The summed E-state index contributed by atoms with van der Waals surface area (Å²) < 4.78 is 12.2. The van der Waals surface area contributed by atoms with E-state index in [0.717, 1.165) is 5.56 Å². The van der Waals surface area contributed by atoms with Gasteiger partial charge in [0.2, 0.25) is 0 Å². The van der Waals surface area contributed by atoms with E-state index in [4.69, 9.17) is 14.5 Å². The molecule has 1 heterocycles. The second-order valence-electron chi connectivity index (χ2n) is 6.66. The molecule has 0 saturated heterocycles. The van der Waals surface area contributed by atoms with Crippen molar-refractivity contribution in [2.45, 2.75) is 6.54 Å². The van der Waals surface area contributed by atoms with Crippen LogP contribution in [0, 0.1) is 0 Å². The van der Waals surface area contributed by atoms with E-state index in [1.165, 1.54) is 4.68 Å². The lowest BCUT2D eigenvalue weighted by Crippen LogP contribution is -2.31. The van der Waals surface area contributed by atoms with E-state index < -0.39 is 0 Å². The number of fused-ring (bicyclic) bond motifs is 1. The van der Waals surface area contributed by atoms with Crippen LogP contribution in [0.25, 0.3) is 22.3 Å². The highest BCUT2D eigenvalue weighted by Crippen LogP contribution is 2.31. The molecule has 0 saturated carbocycles. The third kappa shape index (κ3) is 3.65. The number of nitrogens with one attached hydrogen (secondary N) is 1. The number of benzene rings is 3. The molecule has 0 atom stereocenters. The summed E-state index contributed by atoms with van der Waals surface area (Å²) in [6.45, 7) is 0.375. The molecule has 0 amide bonds. The topological polar surface area (TPSA) is 85.6 Å². The average Bonchev–Trinajstić information content (AvgIpc) is 2.79. The van der Waals surface area contributed by atoms with Crippen LogP contribution >= 0.6 is 0 Å². The molecular weight excluding hydrogens is 382 g/mol. The van der Waals surface area contributed by atoms with Crippen LogP contribution in [0.2, 0.25) is 0 Å². The molecule has 1 aromatic heterocycles. The van der Waals surface area contributed by atoms with Gasteiger partial charge in [-0.1, -0.05) is 24.3 Å². The molecular formula is C23H21N3O4. The molecule has 3 aromatic carbocycles. The van der Waals surface area contributed by atoms with Gasteiger partial charge in [0.05, 0.1) is 31.7 Å². The fourth-order valence-electron chi connectivity index (χ4n) is 3.23. The molecule has 4 aromatic rings. The fraction of sp³-hybridized carbons (Fsp3) is 0.130. The van der Waals surface area contributed by atoms with Crippen molar-refractivity contribution < 1.29 is 14.6 Å². The molecule has 0 spiro atoms. The number of phenolic OH excluding ortho intramolecular Hbond substituents is 1. The van der Waals surface area contributed by atoms with E-state index in [1.54, 1.807) is 56.7 Å². The summed E-state index contributed by atoms with van der Waals surface area (Å²) in [5.74, 6) is 1.78. The number of ether oxygens (including phenoxy) is 2. The Labute approximate surface area is 173 Å². The summed E-state index contributed by atoms with van der Waals surface area (Å²) in [4.78, 5) is 18.0. The number of rotatable bonds is 6. The van der Waals surface area contributed by atoms with Crippen LogP contribution in [0.1, 0.15) is 5.56 Å². The summed E-state index contributed by atoms with van der Waals surface area (Å²) in [7, 11) is 3.13. The number of nitrogens with zero attached hydrogens (tertiary/aromatic N) is 2. The molecule has 30 heavy (non-hydrogen) atoms. The number of hydrogen-bond acceptors (Lipinski definition) is 6. The van der Waals surface area contributed by atoms with E-state index >= 15 is 0 Å². The van der Waals surface area contributed by atoms with Crippen molar-refractivity contribution in [3.05, 3.63) is 82.6 Å². The molecule has 0 aliphatic rings. The summed E-state index contributed by atoms with van der Waals surface area (Å²) in [5, 5.41) is 10.00. The number of para-hydroxylation sites is 1. The standard InChI is InChI=1S/C23H21N3O4/c1-29-20-12-9-16(13-21(20)30-2)22-25-19-6-4-3-5-18(19)23(28)26(22)24-14-15-7-10-17(27)11-8-15/h3-13,24,27H,14H2,1-2H3. The van der Waals surface area contributed by atoms with Gasteiger partial charge in [-0.15, -0.1) is 0 Å². The van der Waals surface area contributed by atoms with Crippen molar-refractivity contribution in [2.24, 2.45) is 0 Å². The minimum atomic E-state index is -0.204. The Bertz CT molecular complexity index is 1250. The molecule has 0 bridgehead atoms. The molecule has 0 unspecified atom stereocenters. The maximum Gasteiger partial charge on any atom is 0.280 e. The number of aromatic hydroxyl groups is 1. The van der Waals surface area contributed by atoms with Crippen molar-refractivity contribution in [1.82, 2.24) is 9.66 Å². The van der Waals surface area contributed by atoms with Gasteiger partial charge in [0.15, 0.2) is 17.3 Å². The minimum Gasteiger partial charge on any atom is -0.508 e. The predicted molar refractivity (Wildman–Crippen MR) is 116 cm³/mol. The first kappa shape index (κ1) is 19.3. The zero-order valence-electron chi connectivity index (χ0n) is 16.6. The summed E-state index contributed by atoms with van der Waals surface area (Å²) in [6, 6.07) is 19.4. The summed E-state index contributed by atoms with van der Waals surface area (Å²) in [6.07, 6.45) is 0. The summed E-state index contributed by atoms with van der Waals surface area (Å²) in [5.41, 5.74) is 5.17. The smallest absolute Gasteiger partial charge is 0.280 e. The highest BCUT2D eigenvalue weighted by molar-refractivity contribution is 5.80. The van der Waals surface area contributed by atoms with Gasteiger partial charge in [-0.25, -0.2) is 9.66 Å². The Morgan fingerprint density at radius 3 is 2.43 bits per heavy atom. The van der Waals surface area contributed by atoms with E-state index in [9.17, 15) is 9.90 Å². The van der Waals surface area contributed by atoms with Gasteiger partial charge in [-0.2, -0.15) is 0 Å². The zero-order valence-corrected chi connectivity index (χ0v) is 16.6. The van der Waals surface area contributed by atoms with Crippen LogP contribution in [-0.2, 0) is 6.54 Å². The minimum absolute atomic E-state index is 0.189. The molecule has 0 fully saturated rings. The lowest BCUT2D eigenvalue weighted by Gasteiger charge is -2.17. The normalized spacial score (nSPS) is 10.7. The Morgan fingerprint density at radius 1 is 0.967 bits per heavy atom. The number of methoxy groups -OCH3 is 2. The van der Waals surface area contributed by atoms with Gasteiger partial charge in [-0.05, 0) is 48.0 Å². The largest absolute Gasteiger partial charge is 0.508 e. The van der Waals surface area contributed by atoms with Crippen LogP contribution in [0.4, 0.5) is 0 Å². The number of aromatic nitrogens is 2. The second-order valence-corrected chi connectivity index (χ2v) is 6.66. The van der Waals surface area contributed by atoms with Crippen molar-refractivity contribution >= 4 is 10.9 Å². The van der Waals surface area contributed by atoms with Gasteiger partial charge in [0, 0.05) is 5.56 Å². The first-order valence-corrected chi connectivity index (χ1v) is 9.36. The van der Waals surface area contributed by atoms with Crippen molar-refractivity contribution in [3.63, 3.8) is 0 Å². The van der Waals surface area contributed by atoms with Gasteiger partial charge < -0.3 is 20.0 Å². The molecule has 7 heteroatoms. The lowest BCUT2D eigenvalue weighted by molar-refractivity contribution is 0.355. The molecule has 152 valence electrons. The first-order chi connectivity index (χ1) is 14.6. The predicted octanol–water partition coefficient (Wildman–Crippen LogP) is 3.53. The summed E-state index contributed by atoms with van der Waals surface area (Å²) >= 11 is 0. The highest BCUT2D eigenvalue weighted by atomic mass is 16.5. The molecule has 0 aliphatic heterocycles. The van der Waals surface area contributed by atoms with Crippen molar-refractivity contribution in [3.8, 4) is 28.6 Å². The Kier molecular flexibility index (Phi) is 5.26. The van der Waals surface area contributed by atoms with Gasteiger partial charge in [-0.3, -0.25) is 4.79 Å². The van der Waals surface area contributed by atoms with Crippen LogP contribution < -0.4 is 20.5 Å². The highest BCUT2D eigenvalue weighted by Gasteiger charge is 2.15. The van der Waals surface area contributed by atoms with E-state index in [0.29, 0.717) is 40.3 Å². The monoisotopic (exact) mass is 403 g/mol. The van der Waals surface area contributed by atoms with Crippen molar-refractivity contribution in [2.75, 3.05) is 19.6 Å². The zero-order chi connectivity index (χ0) is 21.1. The SMILES string of the molecule is COc1ccc(-c2nc3ccccc3c(=O)n2NCc2ccc(O)cc2)cc1OC. The Morgan fingerprint density at radius 2 is 1.70 bits per heavy atom. The third-order valence-corrected chi connectivity index (χ3v) is 4.80. The average molecular weight is 403 g/mol. The fourth-order valence-corrected chi connectivity index (χ4v) is 3.23. The molecule has 2 N–H and O–H groups in total. The van der Waals surface area contributed by atoms with Crippen LogP contribution in [0.15, 0.2) is 71.5 Å². The number of hydrogen-bond donors (Lipinski definition) is 2. The number of phenols is 1. The first-order valence-electron chi connectivity index (χ1n) is 9.36. The van der Waals surface area contributed by atoms with Gasteiger partial charge >= 0.3 is 0 Å². The van der Waals surface area contributed by atoms with Crippen LogP contribution in [-0.4, -0.2) is 29.0 Å². The molecule has 0 radical (unpaired) electrons. The second kappa shape index (κ2) is 8.16. The van der Waals surface area contributed by atoms with E-state index in [-0.39, 0.29) is 11.3 Å². The van der Waals surface area contributed by atoms with Crippen LogP contribution in [0.5, 0.6) is 17.2 Å². The molecule has 4 rings (SSSR count). The van der Waals surface area contributed by atoms with Crippen LogP contribution in [0.3, 0.4) is 0 Å². The van der Waals surface area contributed by atoms with E-state index in [2.05, 4.69) is 5.43 Å². The molecule has 0 aliphatic carbocycles. The molecule has 7 nitrogen and oxygen atoms in total. The quantitative estimate of drug-likeness (QED) is 0.512. The van der Waals surface area contributed by atoms with Crippen molar-refractivity contribution in [1.29, 1.82) is 0 Å². The van der Waals surface area contributed by atoms with Gasteiger partial charge in [0.25, 0.3) is 5.56 Å². The third-order valence-electron chi connectivity index (χ3n) is 4.80. The Hall–Kier alpha value is -4.00. The lowest BCUT2D eigenvalue weighted by atomic mass is 10.1. The van der Waals surface area contributed by atoms with E-state index in [1.807, 2.05) is 24.3 Å². The van der Waals surface area contributed by atoms with Gasteiger partial charge in [0.1, 0.15) is 5.75 Å².